The van der Waals surface area contributed by atoms with Crippen molar-refractivity contribution in [3.63, 3.8) is 0 Å². The molecule has 0 bridgehead atoms. The molecule has 0 aromatic heterocycles. The maximum atomic E-state index is 6.43. The maximum absolute atomic E-state index is 6.43. The summed E-state index contributed by atoms with van der Waals surface area (Å²) in [4.78, 5) is 0. The lowest BCUT2D eigenvalue weighted by Gasteiger charge is -2.22. The lowest BCUT2D eigenvalue weighted by Crippen LogP contribution is -2.21. The number of unbranched alkanes of at least 4 members (excludes halogenated alkanes) is 1. The molecule has 0 amide bonds. The third-order valence-electron chi connectivity index (χ3n) is 3.87. The van der Waals surface area contributed by atoms with Crippen LogP contribution in [-0.4, -0.2) is 0 Å². The molecule has 1 nitrogen and oxygen atoms in total. The molecule has 2 unspecified atom stereocenters. The Morgan fingerprint density at radius 3 is 2.94 bits per heavy atom. The average Bonchev–Trinajstić information content (AvgIpc) is 2.47. The molecule has 88 valence electrons. The zero-order valence-corrected chi connectivity index (χ0v) is 10.3. The monoisotopic (exact) mass is 217 g/mol. The smallest absolute Gasteiger partial charge is 0.0326 e. The van der Waals surface area contributed by atoms with E-state index in [1.165, 1.54) is 49.7 Å². The van der Waals surface area contributed by atoms with Crippen LogP contribution in [0.1, 0.15) is 56.2 Å². The van der Waals surface area contributed by atoms with Gasteiger partial charge in [-0.15, -0.1) is 0 Å². The highest BCUT2D eigenvalue weighted by atomic mass is 14.7. The maximum Gasteiger partial charge on any atom is 0.0326 e. The van der Waals surface area contributed by atoms with E-state index in [-0.39, 0.29) is 6.04 Å². The summed E-state index contributed by atoms with van der Waals surface area (Å²) in [5.41, 5.74) is 9.32. The Morgan fingerprint density at radius 1 is 1.31 bits per heavy atom. The van der Waals surface area contributed by atoms with Gasteiger partial charge in [-0.3, -0.25) is 0 Å². The molecule has 0 aliphatic heterocycles. The second kappa shape index (κ2) is 5.49. The number of hydrogen-bond donors (Lipinski definition) is 1. The van der Waals surface area contributed by atoms with Gasteiger partial charge in [0.1, 0.15) is 0 Å². The van der Waals surface area contributed by atoms with Crippen LogP contribution < -0.4 is 5.73 Å². The summed E-state index contributed by atoms with van der Waals surface area (Å²) in [6.45, 7) is 2.26. The summed E-state index contributed by atoms with van der Waals surface area (Å²) in [5.74, 6) is 0.698. The molecule has 2 rings (SSSR count). The van der Waals surface area contributed by atoms with Gasteiger partial charge in [0.2, 0.25) is 0 Å². The second-order valence-electron chi connectivity index (χ2n) is 5.02. The van der Waals surface area contributed by atoms with Crippen molar-refractivity contribution in [3.8, 4) is 0 Å². The number of nitrogens with two attached hydrogens (primary N) is 1. The third-order valence-corrected chi connectivity index (χ3v) is 3.87. The van der Waals surface area contributed by atoms with Crippen molar-refractivity contribution in [1.82, 2.24) is 0 Å². The Labute approximate surface area is 99.0 Å². The molecule has 1 aromatic carbocycles. The molecule has 16 heavy (non-hydrogen) atoms. The largest absolute Gasteiger partial charge is 0.324 e. The average molecular weight is 217 g/mol. The van der Waals surface area contributed by atoms with Gasteiger partial charge in [-0.25, -0.2) is 0 Å². The molecule has 1 aromatic rings. The molecule has 0 heterocycles. The zero-order chi connectivity index (χ0) is 11.4. The number of aryl methyl sites for hydroxylation is 1. The van der Waals surface area contributed by atoms with Crippen LogP contribution in [-0.2, 0) is 6.42 Å². The van der Waals surface area contributed by atoms with E-state index in [1.807, 2.05) is 0 Å². The van der Waals surface area contributed by atoms with E-state index < -0.39 is 0 Å². The SMILES string of the molecule is CCCCC1CCCc2ccccc2C1N. The summed E-state index contributed by atoms with van der Waals surface area (Å²) in [6, 6.07) is 9.01. The minimum absolute atomic E-state index is 0.269. The standard InChI is InChI=1S/C15H23N/c1-2-3-7-13-10-6-9-12-8-4-5-11-14(12)15(13)16/h4-5,8,11,13,15H,2-3,6-7,9-10,16H2,1H3. The molecule has 1 aliphatic rings. The van der Waals surface area contributed by atoms with Crippen LogP contribution in [0, 0.1) is 5.92 Å². The summed E-state index contributed by atoms with van der Waals surface area (Å²) in [5, 5.41) is 0. The predicted octanol–water partition coefficient (Wildman–Crippen LogP) is 3.83. The van der Waals surface area contributed by atoms with Crippen LogP contribution in [0.2, 0.25) is 0 Å². The number of benzene rings is 1. The molecular weight excluding hydrogens is 194 g/mol. The molecule has 1 aliphatic carbocycles. The molecule has 0 spiro atoms. The molecule has 0 saturated carbocycles. The highest BCUT2D eigenvalue weighted by Crippen LogP contribution is 2.34. The van der Waals surface area contributed by atoms with Gasteiger partial charge in [0.25, 0.3) is 0 Å². The topological polar surface area (TPSA) is 26.0 Å². The molecular formula is C15H23N. The number of rotatable bonds is 3. The fourth-order valence-electron chi connectivity index (χ4n) is 2.87. The number of hydrogen-bond acceptors (Lipinski definition) is 1. The van der Waals surface area contributed by atoms with Crippen LogP contribution in [0.4, 0.5) is 0 Å². The zero-order valence-electron chi connectivity index (χ0n) is 10.3. The quantitative estimate of drug-likeness (QED) is 0.765. The molecule has 0 radical (unpaired) electrons. The normalized spacial score (nSPS) is 24.9. The van der Waals surface area contributed by atoms with Crippen molar-refractivity contribution in [2.45, 2.75) is 51.5 Å². The van der Waals surface area contributed by atoms with E-state index in [0.717, 1.165) is 0 Å². The molecule has 2 N–H and O–H groups in total. The van der Waals surface area contributed by atoms with Crippen molar-refractivity contribution in [3.05, 3.63) is 35.4 Å². The summed E-state index contributed by atoms with van der Waals surface area (Å²) in [6.07, 6.45) is 7.72. The van der Waals surface area contributed by atoms with E-state index in [9.17, 15) is 0 Å². The Bertz CT molecular complexity index is 330. The van der Waals surface area contributed by atoms with Crippen LogP contribution in [0.25, 0.3) is 0 Å². The van der Waals surface area contributed by atoms with Crippen LogP contribution >= 0.6 is 0 Å². The van der Waals surface area contributed by atoms with Crippen LogP contribution in [0.15, 0.2) is 24.3 Å². The van der Waals surface area contributed by atoms with Crippen LogP contribution in [0.5, 0.6) is 0 Å². The highest BCUT2D eigenvalue weighted by Gasteiger charge is 2.23. The van der Waals surface area contributed by atoms with Gasteiger partial charge in [-0.1, -0.05) is 44.0 Å². The van der Waals surface area contributed by atoms with Crippen molar-refractivity contribution in [1.29, 1.82) is 0 Å². The van der Waals surface area contributed by atoms with E-state index in [0.29, 0.717) is 5.92 Å². The Kier molecular flexibility index (Phi) is 4.00. The van der Waals surface area contributed by atoms with Gasteiger partial charge >= 0.3 is 0 Å². The fourth-order valence-corrected chi connectivity index (χ4v) is 2.87. The third kappa shape index (κ3) is 2.46. The Morgan fingerprint density at radius 2 is 2.12 bits per heavy atom. The van der Waals surface area contributed by atoms with Crippen molar-refractivity contribution >= 4 is 0 Å². The molecule has 1 heteroatoms. The van der Waals surface area contributed by atoms with E-state index in [1.54, 1.807) is 0 Å². The van der Waals surface area contributed by atoms with Crippen LogP contribution in [0.3, 0.4) is 0 Å². The first-order valence-corrected chi connectivity index (χ1v) is 6.66. The van der Waals surface area contributed by atoms with Gasteiger partial charge in [-0.2, -0.15) is 0 Å². The Balaban J connectivity index is 2.16. The minimum Gasteiger partial charge on any atom is -0.324 e. The van der Waals surface area contributed by atoms with Gasteiger partial charge in [0.05, 0.1) is 0 Å². The van der Waals surface area contributed by atoms with Crippen molar-refractivity contribution in [2.24, 2.45) is 11.7 Å². The highest BCUT2D eigenvalue weighted by molar-refractivity contribution is 5.31. The van der Waals surface area contributed by atoms with Gasteiger partial charge in [-0.05, 0) is 42.7 Å². The molecule has 2 atom stereocenters. The first-order valence-electron chi connectivity index (χ1n) is 6.66. The van der Waals surface area contributed by atoms with E-state index in [4.69, 9.17) is 5.73 Å². The summed E-state index contributed by atoms with van der Waals surface area (Å²) in [7, 11) is 0. The van der Waals surface area contributed by atoms with Gasteiger partial charge in [0, 0.05) is 6.04 Å². The van der Waals surface area contributed by atoms with Crippen molar-refractivity contribution in [2.75, 3.05) is 0 Å². The molecule has 0 fully saturated rings. The lowest BCUT2D eigenvalue weighted by atomic mass is 9.87. The van der Waals surface area contributed by atoms with E-state index in [2.05, 4.69) is 31.2 Å². The summed E-state index contributed by atoms with van der Waals surface area (Å²) >= 11 is 0. The first kappa shape index (κ1) is 11.7. The van der Waals surface area contributed by atoms with Crippen molar-refractivity contribution < 1.29 is 0 Å². The van der Waals surface area contributed by atoms with Gasteiger partial charge < -0.3 is 5.73 Å². The summed E-state index contributed by atoms with van der Waals surface area (Å²) < 4.78 is 0. The van der Waals surface area contributed by atoms with E-state index >= 15 is 0 Å². The lowest BCUT2D eigenvalue weighted by molar-refractivity contribution is 0.367. The first-order chi connectivity index (χ1) is 7.83. The fraction of sp³-hybridized carbons (Fsp3) is 0.600. The van der Waals surface area contributed by atoms with Gasteiger partial charge in [0.15, 0.2) is 0 Å². The predicted molar refractivity (Wildman–Crippen MR) is 69.3 cm³/mol. The minimum atomic E-state index is 0.269. The number of fused-ring (bicyclic) bond motifs is 1. The molecule has 0 saturated heterocycles. The Hall–Kier alpha value is -0.820. The second-order valence-corrected chi connectivity index (χ2v) is 5.02.